The van der Waals surface area contributed by atoms with E-state index in [0.717, 1.165) is 25.4 Å². The zero-order valence-electron chi connectivity index (χ0n) is 9.80. The molecule has 0 heterocycles. The Balaban J connectivity index is 3.18. The summed E-state index contributed by atoms with van der Waals surface area (Å²) in [7, 11) is 0. The van der Waals surface area contributed by atoms with Gasteiger partial charge in [-0.2, -0.15) is 0 Å². The van der Waals surface area contributed by atoms with Crippen molar-refractivity contribution in [3.8, 4) is 0 Å². The van der Waals surface area contributed by atoms with Crippen LogP contribution in [0.1, 0.15) is 34.1 Å². The van der Waals surface area contributed by atoms with Gasteiger partial charge < -0.3 is 10.1 Å². The number of rotatable bonds is 7. The highest BCUT2D eigenvalue weighted by Crippen LogP contribution is 1.96. The van der Waals surface area contributed by atoms with E-state index in [-0.39, 0.29) is 11.9 Å². The van der Waals surface area contributed by atoms with Gasteiger partial charge in [0.25, 0.3) is 0 Å². The topological polar surface area (TPSA) is 38.3 Å². The summed E-state index contributed by atoms with van der Waals surface area (Å²) in [5.74, 6) is 0.585. The Morgan fingerprint density at radius 3 is 2.36 bits per heavy atom. The third-order valence-corrected chi connectivity index (χ3v) is 1.89. The van der Waals surface area contributed by atoms with Crippen molar-refractivity contribution in [2.75, 3.05) is 19.7 Å². The smallest absolute Gasteiger partial charge is 0.308 e. The molecule has 0 saturated heterocycles. The van der Waals surface area contributed by atoms with Gasteiger partial charge in [-0.05, 0) is 18.9 Å². The molecule has 0 saturated carbocycles. The Morgan fingerprint density at radius 1 is 1.21 bits per heavy atom. The Morgan fingerprint density at radius 2 is 1.86 bits per heavy atom. The van der Waals surface area contributed by atoms with E-state index in [1.165, 1.54) is 0 Å². The van der Waals surface area contributed by atoms with Crippen molar-refractivity contribution in [3.05, 3.63) is 0 Å². The second-order valence-electron chi connectivity index (χ2n) is 4.25. The van der Waals surface area contributed by atoms with E-state index in [2.05, 4.69) is 19.2 Å². The van der Waals surface area contributed by atoms with Crippen LogP contribution >= 0.6 is 0 Å². The Labute approximate surface area is 87.2 Å². The molecule has 0 aromatic rings. The van der Waals surface area contributed by atoms with E-state index in [4.69, 9.17) is 4.74 Å². The van der Waals surface area contributed by atoms with Gasteiger partial charge >= 0.3 is 5.97 Å². The number of ether oxygens (including phenoxy) is 1. The molecule has 0 unspecified atom stereocenters. The SMILES string of the molecule is CC(C)CCNCCOC(=O)C(C)C. The summed E-state index contributed by atoms with van der Waals surface area (Å²) in [5.41, 5.74) is 0. The van der Waals surface area contributed by atoms with Crippen molar-refractivity contribution in [2.45, 2.75) is 34.1 Å². The fourth-order valence-electron chi connectivity index (χ4n) is 0.906. The minimum Gasteiger partial charge on any atom is -0.464 e. The van der Waals surface area contributed by atoms with Gasteiger partial charge in [-0.3, -0.25) is 4.79 Å². The zero-order chi connectivity index (χ0) is 11.0. The van der Waals surface area contributed by atoms with E-state index in [1.807, 2.05) is 13.8 Å². The molecule has 0 aliphatic heterocycles. The zero-order valence-corrected chi connectivity index (χ0v) is 9.80. The van der Waals surface area contributed by atoms with E-state index >= 15 is 0 Å². The third kappa shape index (κ3) is 8.05. The van der Waals surface area contributed by atoms with E-state index in [0.29, 0.717) is 6.61 Å². The number of nitrogens with one attached hydrogen (secondary N) is 1. The average Bonchev–Trinajstić information content (AvgIpc) is 2.09. The Bertz CT molecular complexity index is 155. The van der Waals surface area contributed by atoms with Crippen LogP contribution in [-0.4, -0.2) is 25.7 Å². The second kappa shape index (κ2) is 7.80. The first kappa shape index (κ1) is 13.4. The monoisotopic (exact) mass is 201 g/mol. The normalized spacial score (nSPS) is 11.0. The maximum atomic E-state index is 11.0. The number of esters is 1. The fraction of sp³-hybridized carbons (Fsp3) is 0.909. The van der Waals surface area contributed by atoms with Gasteiger partial charge in [0.1, 0.15) is 6.61 Å². The van der Waals surface area contributed by atoms with Gasteiger partial charge in [-0.15, -0.1) is 0 Å². The summed E-state index contributed by atoms with van der Waals surface area (Å²) < 4.78 is 5.01. The summed E-state index contributed by atoms with van der Waals surface area (Å²) in [4.78, 5) is 11.0. The van der Waals surface area contributed by atoms with E-state index in [9.17, 15) is 4.79 Å². The lowest BCUT2D eigenvalue weighted by Gasteiger charge is -2.08. The second-order valence-corrected chi connectivity index (χ2v) is 4.25. The quantitative estimate of drug-likeness (QED) is 0.504. The van der Waals surface area contributed by atoms with Crippen molar-refractivity contribution >= 4 is 5.97 Å². The lowest BCUT2D eigenvalue weighted by Crippen LogP contribution is -2.24. The molecule has 3 nitrogen and oxygen atoms in total. The molecule has 0 atom stereocenters. The van der Waals surface area contributed by atoms with Crippen molar-refractivity contribution in [3.63, 3.8) is 0 Å². The molecule has 0 radical (unpaired) electrons. The molecule has 3 heteroatoms. The maximum Gasteiger partial charge on any atom is 0.308 e. The molecule has 0 bridgehead atoms. The van der Waals surface area contributed by atoms with Gasteiger partial charge in [0.05, 0.1) is 5.92 Å². The minimum absolute atomic E-state index is 0.0225. The molecule has 0 aromatic heterocycles. The highest BCUT2D eigenvalue weighted by atomic mass is 16.5. The molecule has 84 valence electrons. The Hall–Kier alpha value is -0.570. The third-order valence-electron chi connectivity index (χ3n) is 1.89. The van der Waals surface area contributed by atoms with Crippen molar-refractivity contribution in [1.29, 1.82) is 0 Å². The summed E-state index contributed by atoms with van der Waals surface area (Å²) in [6.07, 6.45) is 1.16. The predicted molar refractivity (Wildman–Crippen MR) is 58.1 cm³/mol. The van der Waals surface area contributed by atoms with Crippen LogP contribution in [0.15, 0.2) is 0 Å². The van der Waals surface area contributed by atoms with E-state index < -0.39 is 0 Å². The Kier molecular flexibility index (Phi) is 7.48. The molecule has 14 heavy (non-hydrogen) atoms. The highest BCUT2D eigenvalue weighted by Gasteiger charge is 2.06. The molecular formula is C11H23NO2. The molecule has 0 rings (SSSR count). The van der Waals surface area contributed by atoms with Crippen LogP contribution in [0.2, 0.25) is 0 Å². The summed E-state index contributed by atoms with van der Waals surface area (Å²) in [6, 6.07) is 0. The standard InChI is InChI=1S/C11H23NO2/c1-9(2)5-6-12-7-8-14-11(13)10(3)4/h9-10,12H,5-8H2,1-4H3. The average molecular weight is 201 g/mol. The number of hydrogen-bond acceptors (Lipinski definition) is 3. The summed E-state index contributed by atoms with van der Waals surface area (Å²) >= 11 is 0. The first-order chi connectivity index (χ1) is 6.54. The largest absolute Gasteiger partial charge is 0.464 e. The maximum absolute atomic E-state index is 11.0. The number of carbonyl (C=O) groups excluding carboxylic acids is 1. The van der Waals surface area contributed by atoms with Crippen LogP contribution in [0.25, 0.3) is 0 Å². The van der Waals surface area contributed by atoms with Gasteiger partial charge in [0.2, 0.25) is 0 Å². The molecule has 0 aliphatic carbocycles. The summed E-state index contributed by atoms with van der Waals surface area (Å²) in [5, 5.41) is 3.23. The first-order valence-electron chi connectivity index (χ1n) is 5.41. The van der Waals surface area contributed by atoms with Gasteiger partial charge in [0.15, 0.2) is 0 Å². The molecule has 0 aliphatic rings. The lowest BCUT2D eigenvalue weighted by molar-refractivity contribution is -0.147. The van der Waals surface area contributed by atoms with E-state index in [1.54, 1.807) is 0 Å². The van der Waals surface area contributed by atoms with Gasteiger partial charge in [-0.1, -0.05) is 27.7 Å². The first-order valence-corrected chi connectivity index (χ1v) is 5.41. The van der Waals surface area contributed by atoms with Crippen molar-refractivity contribution < 1.29 is 9.53 Å². The number of hydrogen-bond donors (Lipinski definition) is 1. The van der Waals surface area contributed by atoms with Crippen LogP contribution in [-0.2, 0) is 9.53 Å². The van der Waals surface area contributed by atoms with Crippen molar-refractivity contribution in [2.24, 2.45) is 11.8 Å². The molecule has 1 N–H and O–H groups in total. The van der Waals surface area contributed by atoms with Crippen LogP contribution in [0.4, 0.5) is 0 Å². The highest BCUT2D eigenvalue weighted by molar-refractivity contribution is 5.71. The molecular weight excluding hydrogens is 178 g/mol. The fourth-order valence-corrected chi connectivity index (χ4v) is 0.906. The van der Waals surface area contributed by atoms with Crippen LogP contribution in [0.5, 0.6) is 0 Å². The summed E-state index contributed by atoms with van der Waals surface area (Å²) in [6.45, 7) is 10.3. The van der Waals surface area contributed by atoms with Crippen LogP contribution in [0.3, 0.4) is 0 Å². The van der Waals surface area contributed by atoms with Gasteiger partial charge in [0, 0.05) is 6.54 Å². The van der Waals surface area contributed by atoms with Crippen LogP contribution in [0, 0.1) is 11.8 Å². The molecule has 0 fully saturated rings. The van der Waals surface area contributed by atoms with Gasteiger partial charge in [-0.25, -0.2) is 0 Å². The van der Waals surface area contributed by atoms with Crippen LogP contribution < -0.4 is 5.32 Å². The lowest BCUT2D eigenvalue weighted by atomic mass is 10.1. The van der Waals surface area contributed by atoms with Crippen molar-refractivity contribution in [1.82, 2.24) is 5.32 Å². The number of carbonyl (C=O) groups is 1. The minimum atomic E-state index is -0.115. The molecule has 0 aromatic carbocycles. The predicted octanol–water partition coefficient (Wildman–Crippen LogP) is 1.82. The molecule has 0 spiro atoms. The molecule has 0 amide bonds.